The van der Waals surface area contributed by atoms with Gasteiger partial charge in [0.15, 0.2) is 18.3 Å². The number of carbonyl (C=O) groups excluding carboxylic acids is 1. The maximum Gasteiger partial charge on any atom is 0.262 e. The summed E-state index contributed by atoms with van der Waals surface area (Å²) in [6.07, 6.45) is 3.38. The van der Waals surface area contributed by atoms with E-state index in [4.69, 9.17) is 9.26 Å². The van der Waals surface area contributed by atoms with Gasteiger partial charge >= 0.3 is 0 Å². The van der Waals surface area contributed by atoms with Crippen LogP contribution in [-0.2, 0) is 21.9 Å². The monoisotopic (exact) mass is 463 g/mol. The van der Waals surface area contributed by atoms with E-state index in [9.17, 15) is 9.90 Å². The molecule has 4 aromatic rings. The molecule has 5 heterocycles. The third-order valence-corrected chi connectivity index (χ3v) is 5.38. The minimum Gasteiger partial charge on any atom is -0.373 e. The van der Waals surface area contributed by atoms with Crippen molar-refractivity contribution in [2.24, 2.45) is 0 Å². The number of hydrogen-bond donors (Lipinski definition) is 2. The zero-order valence-electron chi connectivity index (χ0n) is 18.4. The second-order valence-electron chi connectivity index (χ2n) is 7.73. The van der Waals surface area contributed by atoms with Crippen molar-refractivity contribution < 1.29 is 19.2 Å². The molecule has 1 saturated heterocycles. The molecule has 0 aromatic carbocycles. The zero-order valence-corrected chi connectivity index (χ0v) is 18.4. The van der Waals surface area contributed by atoms with Gasteiger partial charge in [0.25, 0.3) is 5.91 Å². The van der Waals surface area contributed by atoms with Crippen LogP contribution >= 0.6 is 0 Å². The van der Waals surface area contributed by atoms with Crippen LogP contribution in [0.15, 0.2) is 47.2 Å². The minimum absolute atomic E-state index is 0.0964. The van der Waals surface area contributed by atoms with Crippen LogP contribution in [0, 0.1) is 0 Å². The number of aromatic nitrogens is 7. The summed E-state index contributed by atoms with van der Waals surface area (Å²) in [4.78, 5) is 28.5. The van der Waals surface area contributed by atoms with Gasteiger partial charge in [-0.1, -0.05) is 11.2 Å². The van der Waals surface area contributed by atoms with Gasteiger partial charge in [0, 0.05) is 39.4 Å². The van der Waals surface area contributed by atoms with Crippen LogP contribution in [0.2, 0.25) is 0 Å². The predicted octanol–water partition coefficient (Wildman–Crippen LogP) is 1.18. The molecule has 1 unspecified atom stereocenters. The summed E-state index contributed by atoms with van der Waals surface area (Å²) in [7, 11) is 3.19. The highest BCUT2D eigenvalue weighted by molar-refractivity contribution is 5.87. The van der Waals surface area contributed by atoms with E-state index in [1.165, 1.54) is 15.9 Å². The summed E-state index contributed by atoms with van der Waals surface area (Å²) < 4.78 is 10.3. The molecular formula is C21H21N9O4. The van der Waals surface area contributed by atoms with Crippen LogP contribution in [0.4, 0.5) is 11.8 Å². The Morgan fingerprint density at radius 2 is 2.00 bits per heavy atom. The van der Waals surface area contributed by atoms with E-state index < -0.39 is 11.5 Å². The molecule has 0 bridgehead atoms. The van der Waals surface area contributed by atoms with Crippen LogP contribution in [0.3, 0.4) is 0 Å². The molecule has 1 aliphatic heterocycles. The van der Waals surface area contributed by atoms with Gasteiger partial charge < -0.3 is 24.6 Å². The zero-order chi connectivity index (χ0) is 23.7. The van der Waals surface area contributed by atoms with Gasteiger partial charge in [-0.25, -0.2) is 15.0 Å². The molecule has 0 aliphatic carbocycles. The lowest BCUT2D eigenvalue weighted by molar-refractivity contribution is -0.144. The lowest BCUT2D eigenvalue weighted by Crippen LogP contribution is -2.35. The van der Waals surface area contributed by atoms with Crippen LogP contribution < -0.4 is 5.32 Å². The molecule has 0 saturated carbocycles. The first-order chi connectivity index (χ1) is 16.5. The fourth-order valence-electron chi connectivity index (χ4n) is 3.60. The number of carbonyl (C=O) groups is 1. The van der Waals surface area contributed by atoms with Crippen molar-refractivity contribution in [1.82, 2.24) is 40.0 Å². The molecule has 2 N–H and O–H groups in total. The number of pyridine rings is 1. The first-order valence-corrected chi connectivity index (χ1v) is 10.4. The Labute approximate surface area is 193 Å². The molecule has 0 radical (unpaired) electrons. The molecule has 1 atom stereocenters. The highest BCUT2D eigenvalue weighted by Gasteiger charge is 2.48. The Bertz CT molecular complexity index is 1340. The average molecular weight is 463 g/mol. The third-order valence-electron chi connectivity index (χ3n) is 5.38. The molecule has 5 rings (SSSR count). The topological polar surface area (TPSA) is 157 Å². The van der Waals surface area contributed by atoms with Crippen LogP contribution in [0.1, 0.15) is 12.2 Å². The van der Waals surface area contributed by atoms with Crippen molar-refractivity contribution in [3.63, 3.8) is 0 Å². The minimum atomic E-state index is -1.71. The Morgan fingerprint density at radius 3 is 2.76 bits per heavy atom. The quantitative estimate of drug-likeness (QED) is 0.405. The van der Waals surface area contributed by atoms with Crippen molar-refractivity contribution in [3.05, 3.63) is 48.5 Å². The van der Waals surface area contributed by atoms with Gasteiger partial charge in [0.1, 0.15) is 5.69 Å². The first kappa shape index (κ1) is 21.6. The Morgan fingerprint density at radius 1 is 1.21 bits per heavy atom. The SMILES string of the molecule is COCn1ncc(Nc2nccc(-c3cccc(-c4cc(C5(O)CCN(C)C5=O)on4)n3)n2)n1. The summed E-state index contributed by atoms with van der Waals surface area (Å²) in [5, 5.41) is 26.1. The number of likely N-dealkylation sites (tertiary alicyclic amines) is 1. The highest BCUT2D eigenvalue weighted by Crippen LogP contribution is 2.34. The molecule has 13 heteroatoms. The largest absolute Gasteiger partial charge is 0.373 e. The number of likely N-dealkylation sites (N-methyl/N-ethyl adjacent to an activating group) is 1. The fourth-order valence-corrected chi connectivity index (χ4v) is 3.60. The number of rotatable bonds is 7. The third kappa shape index (κ3) is 3.97. The summed E-state index contributed by atoms with van der Waals surface area (Å²) >= 11 is 0. The number of methoxy groups -OCH3 is 1. The van der Waals surface area contributed by atoms with Gasteiger partial charge in [0.05, 0.1) is 23.3 Å². The van der Waals surface area contributed by atoms with E-state index in [1.54, 1.807) is 50.7 Å². The van der Waals surface area contributed by atoms with Crippen molar-refractivity contribution in [2.45, 2.75) is 18.8 Å². The van der Waals surface area contributed by atoms with Gasteiger partial charge in [-0.2, -0.15) is 9.90 Å². The lowest BCUT2D eigenvalue weighted by atomic mass is 9.98. The molecule has 1 fully saturated rings. The fraction of sp³-hybridized carbons (Fsp3) is 0.286. The standard InChI is InChI=1S/C21H21N9O4/c1-29-9-7-21(32,19(29)31)17-10-16(28-34-17)14-5-3-4-13(24-14)15-6-8-22-20(25-15)26-18-11-23-30(27-18)12-33-2/h3-6,8,10-11,32H,7,9,12H2,1-2H3,(H,22,25,26,27). The number of nitrogens with zero attached hydrogens (tertiary/aromatic N) is 8. The van der Waals surface area contributed by atoms with E-state index in [-0.39, 0.29) is 18.9 Å². The van der Waals surface area contributed by atoms with Crippen LogP contribution in [0.5, 0.6) is 0 Å². The van der Waals surface area contributed by atoms with Gasteiger partial charge in [-0.05, 0) is 18.2 Å². The molecule has 0 spiro atoms. The Kier molecular flexibility index (Phi) is 5.47. The van der Waals surface area contributed by atoms with E-state index in [0.29, 0.717) is 41.1 Å². The van der Waals surface area contributed by atoms with E-state index >= 15 is 0 Å². The maximum atomic E-state index is 12.3. The Balaban J connectivity index is 1.38. The van der Waals surface area contributed by atoms with Crippen molar-refractivity contribution >= 4 is 17.7 Å². The number of amides is 1. The molecule has 1 amide bonds. The molecular weight excluding hydrogens is 442 g/mol. The van der Waals surface area contributed by atoms with Crippen molar-refractivity contribution in [1.29, 1.82) is 0 Å². The van der Waals surface area contributed by atoms with Crippen molar-refractivity contribution in [2.75, 3.05) is 26.0 Å². The normalized spacial score (nSPS) is 18.0. The van der Waals surface area contributed by atoms with Gasteiger partial charge in [-0.15, -0.1) is 5.10 Å². The summed E-state index contributed by atoms with van der Waals surface area (Å²) in [6, 6.07) is 8.63. The number of aliphatic hydroxyl groups is 1. The van der Waals surface area contributed by atoms with Gasteiger partial charge in [-0.3, -0.25) is 4.79 Å². The maximum absolute atomic E-state index is 12.3. The predicted molar refractivity (Wildman–Crippen MR) is 117 cm³/mol. The first-order valence-electron chi connectivity index (χ1n) is 10.4. The lowest BCUT2D eigenvalue weighted by Gasteiger charge is -2.16. The summed E-state index contributed by atoms with van der Waals surface area (Å²) in [5.41, 5.74) is 0.334. The van der Waals surface area contributed by atoms with E-state index in [0.717, 1.165) is 0 Å². The second kappa shape index (κ2) is 8.61. The smallest absolute Gasteiger partial charge is 0.262 e. The molecule has 1 aliphatic rings. The van der Waals surface area contributed by atoms with Gasteiger partial charge in [0.2, 0.25) is 11.5 Å². The summed E-state index contributed by atoms with van der Waals surface area (Å²) in [6.45, 7) is 0.664. The average Bonchev–Trinajstić information content (AvgIpc) is 3.58. The number of ether oxygens (including phenoxy) is 1. The number of anilines is 2. The number of hydrogen-bond acceptors (Lipinski definition) is 11. The van der Waals surface area contributed by atoms with E-state index in [2.05, 4.69) is 35.6 Å². The molecule has 174 valence electrons. The van der Waals surface area contributed by atoms with E-state index in [1.807, 2.05) is 0 Å². The van der Waals surface area contributed by atoms with Crippen LogP contribution in [-0.4, -0.2) is 71.7 Å². The Hall–Kier alpha value is -4.23. The van der Waals surface area contributed by atoms with Crippen LogP contribution in [0.25, 0.3) is 22.8 Å². The second-order valence-corrected chi connectivity index (χ2v) is 7.73. The molecule has 13 nitrogen and oxygen atoms in total. The molecule has 4 aromatic heterocycles. The number of nitrogens with one attached hydrogen (secondary N) is 1. The molecule has 34 heavy (non-hydrogen) atoms. The summed E-state index contributed by atoms with van der Waals surface area (Å²) in [5.74, 6) is 0.472. The highest BCUT2D eigenvalue weighted by atomic mass is 16.5. The van der Waals surface area contributed by atoms with Crippen molar-refractivity contribution in [3.8, 4) is 22.8 Å².